The van der Waals surface area contributed by atoms with E-state index in [1.54, 1.807) is 6.07 Å². The first-order valence-corrected chi connectivity index (χ1v) is 7.22. The number of hydrogen-bond donors (Lipinski definition) is 1. The monoisotopic (exact) mass is 298 g/mol. The predicted octanol–water partition coefficient (Wildman–Crippen LogP) is 3.04. The van der Waals surface area contributed by atoms with E-state index in [1.165, 1.54) is 0 Å². The molecule has 5 heteroatoms. The summed E-state index contributed by atoms with van der Waals surface area (Å²) >= 11 is 0. The Morgan fingerprint density at radius 2 is 2.09 bits per heavy atom. The maximum absolute atomic E-state index is 12.4. The summed E-state index contributed by atoms with van der Waals surface area (Å²) in [6, 6.07) is 5.65. The molecule has 1 aliphatic heterocycles. The molecule has 2 aliphatic rings. The first kappa shape index (κ1) is 14.5. The van der Waals surface area contributed by atoms with E-state index in [4.69, 9.17) is 14.9 Å². The number of nitrogens with two attached hydrogens (primary N) is 1. The van der Waals surface area contributed by atoms with Gasteiger partial charge in [-0.3, -0.25) is 4.79 Å². The molecule has 1 aliphatic carbocycles. The molecular weight excluding hydrogens is 280 g/mol. The number of nitrogens with zero attached hydrogens (tertiary/aromatic N) is 1. The molecule has 22 heavy (non-hydrogen) atoms. The second-order valence-corrected chi connectivity index (χ2v) is 6.62. The van der Waals surface area contributed by atoms with Crippen molar-refractivity contribution >= 4 is 5.78 Å². The van der Waals surface area contributed by atoms with Crippen LogP contribution in [0.2, 0.25) is 0 Å². The minimum atomic E-state index is -0.681. The van der Waals surface area contributed by atoms with Gasteiger partial charge in [0.05, 0.1) is 11.3 Å². The molecule has 0 fully saturated rings. The molecule has 3 rings (SSSR count). The number of allylic oxidation sites excluding steroid dienone is 2. The molecule has 0 amide bonds. The van der Waals surface area contributed by atoms with Crippen LogP contribution in [0.15, 0.2) is 39.2 Å². The molecule has 0 radical (unpaired) electrons. The summed E-state index contributed by atoms with van der Waals surface area (Å²) in [7, 11) is 0. The van der Waals surface area contributed by atoms with Crippen molar-refractivity contribution in [3.63, 3.8) is 0 Å². The van der Waals surface area contributed by atoms with E-state index in [1.807, 2.05) is 26.8 Å². The van der Waals surface area contributed by atoms with Crippen LogP contribution in [0.1, 0.15) is 44.3 Å². The van der Waals surface area contributed by atoms with E-state index < -0.39 is 6.10 Å². The molecule has 1 atom stereocenters. The van der Waals surface area contributed by atoms with Gasteiger partial charge in [-0.2, -0.15) is 5.26 Å². The van der Waals surface area contributed by atoms with Crippen molar-refractivity contribution in [2.24, 2.45) is 11.1 Å². The van der Waals surface area contributed by atoms with Crippen LogP contribution in [-0.2, 0) is 9.53 Å². The van der Waals surface area contributed by atoms with Crippen LogP contribution in [0.3, 0.4) is 0 Å². The van der Waals surface area contributed by atoms with Crippen LogP contribution < -0.4 is 5.73 Å². The van der Waals surface area contributed by atoms with Crippen molar-refractivity contribution in [3.05, 3.63) is 46.3 Å². The third-order valence-electron chi connectivity index (χ3n) is 4.06. The van der Waals surface area contributed by atoms with E-state index in [0.717, 1.165) is 5.76 Å². The highest BCUT2D eigenvalue weighted by molar-refractivity contribution is 6.01. The third kappa shape index (κ3) is 2.21. The van der Waals surface area contributed by atoms with Crippen molar-refractivity contribution in [2.45, 2.75) is 39.7 Å². The summed E-state index contributed by atoms with van der Waals surface area (Å²) in [5, 5.41) is 9.44. The molecule has 1 aromatic heterocycles. The molecule has 114 valence electrons. The number of carbonyl (C=O) groups is 1. The zero-order valence-corrected chi connectivity index (χ0v) is 12.9. The van der Waals surface area contributed by atoms with Gasteiger partial charge in [0.15, 0.2) is 11.9 Å². The Kier molecular flexibility index (Phi) is 3.13. The lowest BCUT2D eigenvalue weighted by Gasteiger charge is -2.36. The van der Waals surface area contributed by atoms with Crippen LogP contribution in [-0.4, -0.2) is 5.78 Å². The largest absolute Gasteiger partial charge is 0.480 e. The Morgan fingerprint density at radius 1 is 1.36 bits per heavy atom. The molecule has 2 heterocycles. The van der Waals surface area contributed by atoms with Crippen LogP contribution in [0.4, 0.5) is 0 Å². The Hall–Kier alpha value is -2.48. The summed E-state index contributed by atoms with van der Waals surface area (Å²) < 4.78 is 11.6. The second kappa shape index (κ2) is 4.77. The Labute approximate surface area is 129 Å². The number of nitriles is 1. The van der Waals surface area contributed by atoms with E-state index in [0.29, 0.717) is 29.9 Å². The lowest BCUT2D eigenvalue weighted by molar-refractivity contribution is -0.118. The average molecular weight is 298 g/mol. The summed E-state index contributed by atoms with van der Waals surface area (Å²) in [6.07, 6.45) is 0.335. The molecule has 5 nitrogen and oxygen atoms in total. The highest BCUT2D eigenvalue weighted by Gasteiger charge is 2.41. The summed E-state index contributed by atoms with van der Waals surface area (Å²) in [5.74, 6) is 1.76. The molecule has 0 bridgehead atoms. The first-order valence-electron chi connectivity index (χ1n) is 7.22. The topological polar surface area (TPSA) is 89.2 Å². The summed E-state index contributed by atoms with van der Waals surface area (Å²) in [4.78, 5) is 12.4. The van der Waals surface area contributed by atoms with Gasteiger partial charge in [-0.25, -0.2) is 0 Å². The first-order chi connectivity index (χ1) is 10.3. The normalized spacial score (nSPS) is 23.9. The Morgan fingerprint density at radius 3 is 2.68 bits per heavy atom. The van der Waals surface area contributed by atoms with Crippen LogP contribution in [0.5, 0.6) is 0 Å². The van der Waals surface area contributed by atoms with Crippen LogP contribution in [0.25, 0.3) is 0 Å². The number of furan rings is 1. The molecule has 0 unspecified atom stereocenters. The smallest absolute Gasteiger partial charge is 0.192 e. The third-order valence-corrected chi connectivity index (χ3v) is 4.06. The molecule has 0 spiro atoms. The minimum Gasteiger partial charge on any atom is -0.480 e. The molecule has 1 aromatic rings. The standard InChI is InChI=1S/C17H18N2O3/c1-9-4-5-12(21-9)16-10(8-18)15(19)14-11(20)6-17(2,3)7-13(14)22-16/h4-5,16H,6-7,19H2,1-3H3/t16-/m0/s1. The van der Waals surface area contributed by atoms with Gasteiger partial charge in [0.1, 0.15) is 28.9 Å². The van der Waals surface area contributed by atoms with Gasteiger partial charge in [0.25, 0.3) is 0 Å². The second-order valence-electron chi connectivity index (χ2n) is 6.62. The fourth-order valence-corrected chi connectivity index (χ4v) is 3.06. The molecule has 0 aromatic carbocycles. The number of ether oxygens (including phenoxy) is 1. The molecule has 0 saturated heterocycles. The van der Waals surface area contributed by atoms with Gasteiger partial charge in [0, 0.05) is 12.8 Å². The van der Waals surface area contributed by atoms with Crippen LogP contribution >= 0.6 is 0 Å². The van der Waals surface area contributed by atoms with Crippen LogP contribution in [0, 0.1) is 23.7 Å². The van der Waals surface area contributed by atoms with Crippen molar-refractivity contribution in [1.82, 2.24) is 0 Å². The van der Waals surface area contributed by atoms with Gasteiger partial charge in [-0.05, 0) is 24.5 Å². The van der Waals surface area contributed by atoms with Crippen molar-refractivity contribution in [1.29, 1.82) is 5.26 Å². The lowest BCUT2D eigenvalue weighted by atomic mass is 9.74. The number of ketones is 1. The van der Waals surface area contributed by atoms with Crippen molar-refractivity contribution in [3.8, 4) is 6.07 Å². The number of aryl methyl sites for hydroxylation is 1. The quantitative estimate of drug-likeness (QED) is 0.860. The summed E-state index contributed by atoms with van der Waals surface area (Å²) in [6.45, 7) is 5.86. The maximum Gasteiger partial charge on any atom is 0.192 e. The van der Waals surface area contributed by atoms with E-state index in [2.05, 4.69) is 6.07 Å². The maximum atomic E-state index is 12.4. The average Bonchev–Trinajstić information content (AvgIpc) is 2.82. The van der Waals surface area contributed by atoms with Crippen molar-refractivity contribution in [2.75, 3.05) is 0 Å². The minimum absolute atomic E-state index is 0.0643. The Bertz CT molecular complexity index is 759. The number of rotatable bonds is 1. The number of carbonyl (C=O) groups excluding carboxylic acids is 1. The summed E-state index contributed by atoms with van der Waals surface area (Å²) in [5.41, 5.74) is 6.77. The van der Waals surface area contributed by atoms with Gasteiger partial charge < -0.3 is 14.9 Å². The molecule has 0 saturated carbocycles. The fourth-order valence-electron chi connectivity index (χ4n) is 3.06. The molecule has 2 N–H and O–H groups in total. The van der Waals surface area contributed by atoms with Gasteiger partial charge in [0.2, 0.25) is 0 Å². The highest BCUT2D eigenvalue weighted by atomic mass is 16.5. The van der Waals surface area contributed by atoms with E-state index in [9.17, 15) is 10.1 Å². The zero-order valence-electron chi connectivity index (χ0n) is 12.9. The number of Topliss-reactive ketones (excluding diaryl/α,β-unsaturated/α-hetero) is 1. The number of hydrogen-bond acceptors (Lipinski definition) is 5. The zero-order chi connectivity index (χ0) is 16.1. The lowest BCUT2D eigenvalue weighted by Crippen LogP contribution is -2.33. The fraction of sp³-hybridized carbons (Fsp3) is 0.412. The van der Waals surface area contributed by atoms with Crippen molar-refractivity contribution < 1.29 is 13.9 Å². The molecular formula is C17H18N2O3. The predicted molar refractivity (Wildman–Crippen MR) is 79.1 cm³/mol. The van der Waals surface area contributed by atoms with Gasteiger partial charge >= 0.3 is 0 Å². The van der Waals surface area contributed by atoms with E-state index >= 15 is 0 Å². The SMILES string of the molecule is Cc1ccc([C@H]2OC3=C(C(=O)CC(C)(C)C3)C(N)=C2C#N)o1. The van der Waals surface area contributed by atoms with Gasteiger partial charge in [-0.15, -0.1) is 0 Å². The highest BCUT2D eigenvalue weighted by Crippen LogP contribution is 2.46. The van der Waals surface area contributed by atoms with Gasteiger partial charge in [-0.1, -0.05) is 13.8 Å². The Balaban J connectivity index is 2.10. The van der Waals surface area contributed by atoms with E-state index in [-0.39, 0.29) is 22.5 Å².